The van der Waals surface area contributed by atoms with Crippen molar-refractivity contribution in [2.24, 2.45) is 0 Å². The van der Waals surface area contributed by atoms with Crippen molar-refractivity contribution in [3.8, 4) is 5.88 Å². The van der Waals surface area contributed by atoms with Gasteiger partial charge in [-0.1, -0.05) is 59.1 Å². The first-order valence-corrected chi connectivity index (χ1v) is 11.1. The average molecular weight is 508 g/mol. The number of anilines is 1. The average Bonchev–Trinajstić information content (AvgIpc) is 2.76. The lowest BCUT2D eigenvalue weighted by Crippen LogP contribution is -2.53. The molecule has 6 nitrogen and oxygen atoms in total. The van der Waals surface area contributed by atoms with Gasteiger partial charge in [0.15, 0.2) is 11.0 Å². The van der Waals surface area contributed by atoms with Gasteiger partial charge in [-0.25, -0.2) is 9.37 Å². The van der Waals surface area contributed by atoms with E-state index in [4.69, 9.17) is 39.5 Å². The molecular weight excluding hydrogens is 490 g/mol. The van der Waals surface area contributed by atoms with Crippen molar-refractivity contribution < 1.29 is 13.9 Å². The van der Waals surface area contributed by atoms with Crippen LogP contribution in [0.1, 0.15) is 15.9 Å². The number of hydrogen-bond donors (Lipinski definition) is 1. The van der Waals surface area contributed by atoms with Crippen LogP contribution in [0.2, 0.25) is 15.3 Å². The minimum Gasteiger partial charge on any atom is -0.470 e. The van der Waals surface area contributed by atoms with Crippen LogP contribution in [0.15, 0.2) is 54.7 Å². The summed E-state index contributed by atoms with van der Waals surface area (Å²) in [5.74, 6) is -1.22. The van der Waals surface area contributed by atoms with E-state index in [9.17, 15) is 9.18 Å². The van der Waals surface area contributed by atoms with Crippen LogP contribution in [0.4, 0.5) is 10.1 Å². The molecule has 4 rings (SSSR count). The van der Waals surface area contributed by atoms with E-state index in [-0.39, 0.29) is 33.5 Å². The molecule has 10 heteroatoms. The number of aromatic nitrogens is 2. The zero-order valence-corrected chi connectivity index (χ0v) is 19.4. The van der Waals surface area contributed by atoms with Gasteiger partial charge in [0.1, 0.15) is 16.9 Å². The van der Waals surface area contributed by atoms with Gasteiger partial charge in [-0.2, -0.15) is 4.98 Å². The fourth-order valence-electron chi connectivity index (χ4n) is 3.18. The highest BCUT2D eigenvalue weighted by molar-refractivity contribution is 6.30. The molecule has 1 saturated heterocycles. The summed E-state index contributed by atoms with van der Waals surface area (Å²) >= 11 is 17.6. The Morgan fingerprint density at radius 1 is 1.18 bits per heavy atom. The minimum absolute atomic E-state index is 0.0521. The molecule has 0 bridgehead atoms. The van der Waals surface area contributed by atoms with Crippen LogP contribution in [0.5, 0.6) is 5.88 Å². The molecule has 1 aromatic carbocycles. The molecule has 2 aromatic heterocycles. The van der Waals surface area contributed by atoms with Gasteiger partial charge in [-0.15, -0.1) is 0 Å². The predicted octanol–water partition coefficient (Wildman–Crippen LogP) is 5.60. The van der Waals surface area contributed by atoms with Crippen LogP contribution < -0.4 is 10.1 Å². The number of benzene rings is 1. The lowest BCUT2D eigenvalue weighted by molar-refractivity contribution is 0.0257. The predicted molar refractivity (Wildman–Crippen MR) is 128 cm³/mol. The highest BCUT2D eigenvalue weighted by atomic mass is 35.5. The van der Waals surface area contributed by atoms with Crippen molar-refractivity contribution >= 4 is 52.5 Å². The van der Waals surface area contributed by atoms with Crippen molar-refractivity contribution in [2.45, 2.75) is 6.10 Å². The molecule has 33 heavy (non-hydrogen) atoms. The number of nitrogens with one attached hydrogen (secondary N) is 1. The quantitative estimate of drug-likeness (QED) is 0.421. The summed E-state index contributed by atoms with van der Waals surface area (Å²) in [5, 5.41) is 3.13. The van der Waals surface area contributed by atoms with E-state index in [1.807, 2.05) is 30.3 Å². The Labute approximate surface area is 205 Å². The maximum Gasteiger partial charge on any atom is 0.255 e. The number of hydrogen-bond acceptors (Lipinski definition) is 5. The van der Waals surface area contributed by atoms with Crippen molar-refractivity contribution in [1.29, 1.82) is 0 Å². The van der Waals surface area contributed by atoms with Gasteiger partial charge < -0.3 is 10.1 Å². The number of carbonyl (C=O) groups is 1. The molecule has 1 N–H and O–H groups in total. The molecule has 1 amide bonds. The van der Waals surface area contributed by atoms with Crippen molar-refractivity contribution in [3.05, 3.63) is 87.0 Å². The summed E-state index contributed by atoms with van der Waals surface area (Å²) in [6, 6.07) is 11.5. The third kappa shape index (κ3) is 6.21. The number of likely N-dealkylation sites (tertiary alicyclic amines) is 1. The van der Waals surface area contributed by atoms with Crippen LogP contribution in [0, 0.1) is 5.82 Å². The Balaban J connectivity index is 1.36. The molecule has 0 atom stereocenters. The van der Waals surface area contributed by atoms with Gasteiger partial charge in [0.25, 0.3) is 5.91 Å². The third-order valence-corrected chi connectivity index (χ3v) is 5.60. The topological polar surface area (TPSA) is 67.3 Å². The van der Waals surface area contributed by atoms with E-state index < -0.39 is 11.7 Å². The van der Waals surface area contributed by atoms with E-state index >= 15 is 0 Å². The summed E-state index contributed by atoms with van der Waals surface area (Å²) in [6.45, 7) is 2.04. The Bertz CT molecular complexity index is 1180. The summed E-state index contributed by atoms with van der Waals surface area (Å²) in [4.78, 5) is 22.5. The molecular formula is C23H18Cl3FN4O2. The third-order valence-electron chi connectivity index (χ3n) is 4.88. The van der Waals surface area contributed by atoms with E-state index in [1.165, 1.54) is 18.3 Å². The molecule has 0 spiro atoms. The van der Waals surface area contributed by atoms with Gasteiger partial charge in [0.2, 0.25) is 5.88 Å². The second-order valence-electron chi connectivity index (χ2n) is 7.35. The van der Waals surface area contributed by atoms with Crippen LogP contribution in [0.3, 0.4) is 0 Å². The van der Waals surface area contributed by atoms with Crippen LogP contribution in [0.25, 0.3) is 6.08 Å². The van der Waals surface area contributed by atoms with Crippen molar-refractivity contribution in [1.82, 2.24) is 14.9 Å². The maximum absolute atomic E-state index is 14.0. The number of rotatable bonds is 7. The van der Waals surface area contributed by atoms with Crippen LogP contribution in [-0.4, -0.2) is 46.5 Å². The largest absolute Gasteiger partial charge is 0.470 e. The molecule has 0 aliphatic carbocycles. The van der Waals surface area contributed by atoms with Crippen LogP contribution in [-0.2, 0) is 0 Å². The lowest BCUT2D eigenvalue weighted by atomic mass is 10.1. The van der Waals surface area contributed by atoms with Gasteiger partial charge in [-0.3, -0.25) is 9.69 Å². The second-order valence-corrected chi connectivity index (χ2v) is 8.53. The molecule has 0 radical (unpaired) electrons. The number of nitrogens with zero attached hydrogens (tertiary/aromatic N) is 3. The zero-order chi connectivity index (χ0) is 23.4. The first-order valence-electron chi connectivity index (χ1n) is 9.97. The Kier molecular flexibility index (Phi) is 7.45. The Morgan fingerprint density at radius 3 is 2.67 bits per heavy atom. The monoisotopic (exact) mass is 506 g/mol. The van der Waals surface area contributed by atoms with Crippen LogP contribution >= 0.6 is 34.8 Å². The fourth-order valence-corrected chi connectivity index (χ4v) is 3.62. The normalized spacial score (nSPS) is 14.3. The molecule has 1 fully saturated rings. The molecule has 170 valence electrons. The second kappa shape index (κ2) is 10.5. The molecule has 3 aromatic rings. The number of halogens is 4. The molecule has 1 aliphatic heterocycles. The van der Waals surface area contributed by atoms with Gasteiger partial charge in [0, 0.05) is 42.5 Å². The number of ether oxygens (including phenoxy) is 1. The first kappa shape index (κ1) is 23.4. The molecule has 0 unspecified atom stereocenters. The van der Waals surface area contributed by atoms with Crippen molar-refractivity contribution in [3.63, 3.8) is 0 Å². The number of pyridine rings is 2. The maximum atomic E-state index is 14.0. The highest BCUT2D eigenvalue weighted by Crippen LogP contribution is 2.30. The van der Waals surface area contributed by atoms with E-state index in [1.54, 1.807) is 0 Å². The summed E-state index contributed by atoms with van der Waals surface area (Å²) in [6.07, 6.45) is 5.30. The Hall–Kier alpha value is -2.71. The minimum atomic E-state index is -0.769. The first-order chi connectivity index (χ1) is 15.9. The zero-order valence-electron chi connectivity index (χ0n) is 17.1. The van der Waals surface area contributed by atoms with Crippen molar-refractivity contribution in [2.75, 3.05) is 25.0 Å². The van der Waals surface area contributed by atoms with E-state index in [2.05, 4.69) is 26.3 Å². The Morgan fingerprint density at radius 2 is 1.94 bits per heavy atom. The SMILES string of the molecule is O=C(Nc1cc(F)c(Cl)nc1OC1CN(CC=Cc2ccc(Cl)cc2)C1)c1ccnc(Cl)c1. The van der Waals surface area contributed by atoms with Gasteiger partial charge in [-0.05, 0) is 29.8 Å². The van der Waals surface area contributed by atoms with E-state index in [0.717, 1.165) is 18.2 Å². The number of carbonyl (C=O) groups excluding carboxylic acids is 1. The summed E-state index contributed by atoms with van der Waals surface area (Å²) in [5.41, 5.74) is 1.41. The standard InChI is InChI=1S/C23H18Cl3FN4O2/c24-16-5-3-14(4-6-16)2-1-9-31-12-17(13-31)33-23-19(11-18(27)21(26)30-23)29-22(32)15-7-8-28-20(25)10-15/h1-8,10-11,17H,9,12-13H2,(H,29,32). The summed E-state index contributed by atoms with van der Waals surface area (Å²) in [7, 11) is 0. The smallest absolute Gasteiger partial charge is 0.255 e. The summed E-state index contributed by atoms with van der Waals surface area (Å²) < 4.78 is 19.9. The fraction of sp³-hybridized carbons (Fsp3) is 0.174. The molecule has 0 saturated carbocycles. The highest BCUT2D eigenvalue weighted by Gasteiger charge is 2.29. The van der Waals surface area contributed by atoms with Gasteiger partial charge in [0.05, 0.1) is 0 Å². The number of amides is 1. The molecule has 3 heterocycles. The lowest BCUT2D eigenvalue weighted by Gasteiger charge is -2.38. The van der Waals surface area contributed by atoms with Gasteiger partial charge >= 0.3 is 0 Å². The molecule has 1 aliphatic rings. The van der Waals surface area contributed by atoms with E-state index in [0.29, 0.717) is 18.1 Å².